The maximum atomic E-state index is 13.0. The van der Waals surface area contributed by atoms with E-state index in [1.54, 1.807) is 34.1 Å². The predicted molar refractivity (Wildman–Crippen MR) is 117 cm³/mol. The molecule has 0 aromatic heterocycles. The summed E-state index contributed by atoms with van der Waals surface area (Å²) in [5.41, 5.74) is 0.630. The fraction of sp³-hybridized carbons (Fsp3) is 0.400. The minimum Gasteiger partial charge on any atom is -0.457 e. The Kier molecular flexibility index (Phi) is 6.65. The van der Waals surface area contributed by atoms with Crippen molar-refractivity contribution < 1.29 is 19.1 Å². The summed E-state index contributed by atoms with van der Waals surface area (Å²) in [7, 11) is 0. The van der Waals surface area contributed by atoms with Gasteiger partial charge in [0, 0.05) is 37.5 Å². The maximum absolute atomic E-state index is 13.0. The number of Topliss-reactive ketones (excluding diaryl/α,β-unsaturated/α-hetero) is 1. The average Bonchev–Trinajstić information content (AvgIpc) is 2.81. The van der Waals surface area contributed by atoms with Crippen LogP contribution < -0.4 is 4.74 Å². The number of hydrogen-bond donors (Lipinski definition) is 0. The molecule has 31 heavy (non-hydrogen) atoms. The fourth-order valence-electron chi connectivity index (χ4n) is 4.26. The molecular formula is C25H28N2O4. The van der Waals surface area contributed by atoms with E-state index in [4.69, 9.17) is 4.74 Å². The minimum atomic E-state index is -0.212. The summed E-state index contributed by atoms with van der Waals surface area (Å²) in [6.45, 7) is 1.85. The number of para-hydroxylation sites is 1. The van der Waals surface area contributed by atoms with Crippen molar-refractivity contribution >= 4 is 17.6 Å². The molecule has 0 bridgehead atoms. The number of ether oxygens (including phenoxy) is 1. The molecule has 162 valence electrons. The molecule has 1 atom stereocenters. The van der Waals surface area contributed by atoms with Crippen LogP contribution in [-0.2, 0) is 9.59 Å². The third kappa shape index (κ3) is 5.32. The van der Waals surface area contributed by atoms with Crippen molar-refractivity contribution in [2.45, 2.75) is 32.1 Å². The molecule has 0 aliphatic carbocycles. The highest BCUT2D eigenvalue weighted by Crippen LogP contribution is 2.25. The minimum absolute atomic E-state index is 0.0535. The van der Waals surface area contributed by atoms with Gasteiger partial charge in [0.2, 0.25) is 11.8 Å². The Labute approximate surface area is 182 Å². The number of rotatable bonds is 6. The Hall–Kier alpha value is -3.15. The molecule has 0 spiro atoms. The van der Waals surface area contributed by atoms with Crippen molar-refractivity contribution in [1.29, 1.82) is 0 Å². The van der Waals surface area contributed by atoms with Crippen LogP contribution in [0.3, 0.4) is 0 Å². The van der Waals surface area contributed by atoms with Crippen LogP contribution in [-0.4, -0.2) is 53.6 Å². The highest BCUT2D eigenvalue weighted by Gasteiger charge is 2.30. The maximum Gasteiger partial charge on any atom is 0.242 e. The van der Waals surface area contributed by atoms with Crippen LogP contribution in [0.15, 0.2) is 54.6 Å². The van der Waals surface area contributed by atoms with Gasteiger partial charge in [-0.3, -0.25) is 14.4 Å². The number of carbonyl (C=O) groups excluding carboxylic acids is 3. The summed E-state index contributed by atoms with van der Waals surface area (Å²) in [6.07, 6.45) is 3.94. The lowest BCUT2D eigenvalue weighted by Crippen LogP contribution is -2.48. The van der Waals surface area contributed by atoms with Gasteiger partial charge in [0.1, 0.15) is 11.5 Å². The zero-order valence-corrected chi connectivity index (χ0v) is 17.7. The van der Waals surface area contributed by atoms with E-state index in [0.29, 0.717) is 37.4 Å². The van der Waals surface area contributed by atoms with E-state index in [9.17, 15) is 14.4 Å². The van der Waals surface area contributed by atoms with Crippen molar-refractivity contribution in [3.05, 3.63) is 60.2 Å². The molecule has 0 N–H and O–H groups in total. The smallest absolute Gasteiger partial charge is 0.242 e. The van der Waals surface area contributed by atoms with Crippen LogP contribution in [0, 0.1) is 5.92 Å². The number of amides is 2. The van der Waals surface area contributed by atoms with Crippen LogP contribution in [0.5, 0.6) is 11.5 Å². The van der Waals surface area contributed by atoms with Crippen LogP contribution in [0.4, 0.5) is 0 Å². The molecule has 0 saturated carbocycles. The summed E-state index contributed by atoms with van der Waals surface area (Å²) in [5, 5.41) is 0. The van der Waals surface area contributed by atoms with E-state index in [1.165, 1.54) is 0 Å². The van der Waals surface area contributed by atoms with E-state index < -0.39 is 0 Å². The number of carbonyl (C=O) groups is 3. The Bertz CT molecular complexity index is 926. The topological polar surface area (TPSA) is 66.9 Å². The number of piperidine rings is 2. The van der Waals surface area contributed by atoms with E-state index >= 15 is 0 Å². The van der Waals surface area contributed by atoms with Crippen LogP contribution in [0.2, 0.25) is 0 Å². The van der Waals surface area contributed by atoms with Gasteiger partial charge in [0.15, 0.2) is 5.78 Å². The SMILES string of the molecule is O=C(c1ccc(Oc2ccccc2)cc1)C1CCCN(C(=O)CN2CCCCC2=O)C1. The summed E-state index contributed by atoms with van der Waals surface area (Å²) < 4.78 is 5.79. The summed E-state index contributed by atoms with van der Waals surface area (Å²) in [5.74, 6) is 1.26. The van der Waals surface area contributed by atoms with E-state index in [1.807, 2.05) is 30.3 Å². The first-order valence-electron chi connectivity index (χ1n) is 11.0. The van der Waals surface area contributed by atoms with E-state index in [0.717, 1.165) is 31.4 Å². The molecular weight excluding hydrogens is 392 g/mol. The molecule has 1 unspecified atom stereocenters. The number of benzene rings is 2. The highest BCUT2D eigenvalue weighted by atomic mass is 16.5. The van der Waals surface area contributed by atoms with Crippen molar-refractivity contribution in [3.63, 3.8) is 0 Å². The molecule has 4 rings (SSSR count). The number of nitrogens with zero attached hydrogens (tertiary/aromatic N) is 2. The Morgan fingerprint density at radius 1 is 0.903 bits per heavy atom. The molecule has 6 nitrogen and oxygen atoms in total. The van der Waals surface area contributed by atoms with E-state index in [-0.39, 0.29) is 30.1 Å². The first-order valence-corrected chi connectivity index (χ1v) is 11.0. The third-order valence-electron chi connectivity index (χ3n) is 6.01. The van der Waals surface area contributed by atoms with Gasteiger partial charge in [-0.2, -0.15) is 0 Å². The van der Waals surface area contributed by atoms with Gasteiger partial charge in [0.25, 0.3) is 0 Å². The highest BCUT2D eigenvalue weighted by molar-refractivity contribution is 5.98. The molecule has 0 radical (unpaired) electrons. The Morgan fingerprint density at radius 3 is 2.39 bits per heavy atom. The first kappa shape index (κ1) is 21.1. The number of hydrogen-bond acceptors (Lipinski definition) is 4. The lowest BCUT2D eigenvalue weighted by Gasteiger charge is -2.34. The monoisotopic (exact) mass is 420 g/mol. The number of ketones is 1. The molecule has 6 heteroatoms. The second-order valence-electron chi connectivity index (χ2n) is 8.26. The zero-order valence-electron chi connectivity index (χ0n) is 17.7. The van der Waals surface area contributed by atoms with Crippen molar-refractivity contribution in [2.75, 3.05) is 26.2 Å². The standard InChI is InChI=1S/C25H28N2O4/c28-23-10-4-5-15-27(23)18-24(29)26-16-6-7-20(17-26)25(30)19-11-13-22(14-12-19)31-21-8-2-1-3-9-21/h1-3,8-9,11-14,20H,4-7,10,15-18H2. The van der Waals surface area contributed by atoms with Gasteiger partial charge < -0.3 is 14.5 Å². The van der Waals surface area contributed by atoms with Crippen LogP contribution in [0.25, 0.3) is 0 Å². The van der Waals surface area contributed by atoms with Crippen molar-refractivity contribution in [2.24, 2.45) is 5.92 Å². The van der Waals surface area contributed by atoms with Crippen LogP contribution in [0.1, 0.15) is 42.5 Å². The molecule has 2 aromatic carbocycles. The molecule has 2 fully saturated rings. The lowest BCUT2D eigenvalue weighted by atomic mass is 9.90. The zero-order chi connectivity index (χ0) is 21.6. The molecule has 2 aliphatic heterocycles. The average molecular weight is 421 g/mol. The second-order valence-corrected chi connectivity index (χ2v) is 8.26. The summed E-state index contributed by atoms with van der Waals surface area (Å²) >= 11 is 0. The predicted octanol–water partition coefficient (Wildman–Crippen LogP) is 3.91. The van der Waals surface area contributed by atoms with Gasteiger partial charge in [-0.15, -0.1) is 0 Å². The van der Waals surface area contributed by atoms with Crippen molar-refractivity contribution in [1.82, 2.24) is 9.80 Å². The lowest BCUT2D eigenvalue weighted by molar-refractivity contribution is -0.142. The van der Waals surface area contributed by atoms with Gasteiger partial charge in [0.05, 0.1) is 6.54 Å². The van der Waals surface area contributed by atoms with E-state index in [2.05, 4.69) is 0 Å². The molecule has 2 aromatic rings. The fourth-order valence-corrected chi connectivity index (χ4v) is 4.26. The first-order chi connectivity index (χ1) is 15.1. The Balaban J connectivity index is 1.34. The van der Waals surface area contributed by atoms with Gasteiger partial charge in [-0.25, -0.2) is 0 Å². The second kappa shape index (κ2) is 9.77. The quantitative estimate of drug-likeness (QED) is 0.665. The number of likely N-dealkylation sites (tertiary alicyclic amines) is 2. The van der Waals surface area contributed by atoms with Gasteiger partial charge in [-0.05, 0) is 62.1 Å². The van der Waals surface area contributed by atoms with Crippen molar-refractivity contribution in [3.8, 4) is 11.5 Å². The largest absolute Gasteiger partial charge is 0.457 e. The molecule has 2 heterocycles. The molecule has 2 aliphatic rings. The molecule has 2 amide bonds. The van der Waals surface area contributed by atoms with Gasteiger partial charge >= 0.3 is 0 Å². The summed E-state index contributed by atoms with van der Waals surface area (Å²) in [4.78, 5) is 41.2. The van der Waals surface area contributed by atoms with Gasteiger partial charge in [-0.1, -0.05) is 18.2 Å². The Morgan fingerprint density at radius 2 is 1.65 bits per heavy atom. The normalized spacial score (nSPS) is 19.2. The molecule has 2 saturated heterocycles. The third-order valence-corrected chi connectivity index (χ3v) is 6.01. The summed E-state index contributed by atoms with van der Waals surface area (Å²) in [6, 6.07) is 16.7. The van der Waals surface area contributed by atoms with Crippen LogP contribution >= 0.6 is 0 Å².